The van der Waals surface area contributed by atoms with E-state index in [0.717, 1.165) is 111 Å². The van der Waals surface area contributed by atoms with Crippen molar-refractivity contribution in [1.82, 2.24) is 4.90 Å². The molecule has 3 aliphatic carbocycles. The van der Waals surface area contributed by atoms with E-state index in [1.165, 1.54) is 24.0 Å². The van der Waals surface area contributed by atoms with E-state index in [-0.39, 0.29) is 28.8 Å². The summed E-state index contributed by atoms with van der Waals surface area (Å²) >= 11 is 0. The molecule has 1 unspecified atom stereocenters. The van der Waals surface area contributed by atoms with Gasteiger partial charge in [-0.3, -0.25) is 0 Å². The van der Waals surface area contributed by atoms with Crippen molar-refractivity contribution in [1.29, 1.82) is 0 Å². The van der Waals surface area contributed by atoms with Crippen molar-refractivity contribution in [3.63, 3.8) is 0 Å². The van der Waals surface area contributed by atoms with Crippen LogP contribution in [-0.2, 0) is 26.2 Å². The smallest absolute Gasteiger partial charge is 0.435 e. The summed E-state index contributed by atoms with van der Waals surface area (Å²) in [6, 6.07) is 33.0. The van der Waals surface area contributed by atoms with E-state index in [1.54, 1.807) is 14.2 Å². The van der Waals surface area contributed by atoms with Crippen LogP contribution in [0.1, 0.15) is 132 Å². The summed E-state index contributed by atoms with van der Waals surface area (Å²) < 4.78 is 154. The summed E-state index contributed by atoms with van der Waals surface area (Å²) in [7, 11) is 9.41. The highest BCUT2D eigenvalue weighted by Gasteiger charge is 2.85. The van der Waals surface area contributed by atoms with Gasteiger partial charge in [0, 0.05) is 23.7 Å². The van der Waals surface area contributed by atoms with Crippen LogP contribution in [0.4, 0.5) is 39.5 Å². The summed E-state index contributed by atoms with van der Waals surface area (Å²) in [4.78, 5) is 2.32. The van der Waals surface area contributed by atoms with Crippen molar-refractivity contribution in [2.24, 2.45) is 23.2 Å². The minimum Gasteiger partial charge on any atom is -0.497 e. The van der Waals surface area contributed by atoms with Crippen molar-refractivity contribution in [3.8, 4) is 17.2 Å². The van der Waals surface area contributed by atoms with Crippen LogP contribution in [0.15, 0.2) is 97.1 Å². The molecule has 449 valence electrons. The van der Waals surface area contributed by atoms with Gasteiger partial charge in [-0.05, 0) is 192 Å². The fourth-order valence-corrected chi connectivity index (χ4v) is 15.3. The maximum atomic E-state index is 13.3. The number of alkyl halides is 9. The standard InChI is InChI=1S/C63H81F9NO6S2/c1-44(43-79-59(46-17-12-10-13-18-46,47-20-24-49(74-6)25-21-47)48-22-26-50(75-7)27-23-48)16-11-8-9-14-41-80-81-57(2,3)35-36-73(5)37-40-76-51-28-30-52-45(42-51)19-29-54-53(52)33-34-58(4)55(54)31-32-56(58)77-38-15-39-78-60(61(64,65)66,62(67,68)69)63(70,71)72/h10,12-13,17-18,20-28,30,42,44,53-56H,1,8-9,11,14-16,19,29,31-41,43H2,2-7H3/t44?,53-,54-,55+,56+,58+/m1/s1. The molecule has 0 saturated heterocycles. The molecule has 0 aromatic heterocycles. The number of ether oxygens (including phenoxy) is 6. The Bertz CT molecular complexity index is 2470. The second-order valence-corrected chi connectivity index (χ2v) is 26.2. The van der Waals surface area contributed by atoms with Crippen LogP contribution in [0.25, 0.3) is 0 Å². The molecular formula is C63H81F9NO6S2. The van der Waals surface area contributed by atoms with Gasteiger partial charge in [-0.1, -0.05) is 108 Å². The second kappa shape index (κ2) is 27.9. The van der Waals surface area contributed by atoms with E-state index in [1.807, 2.05) is 64.1 Å². The van der Waals surface area contributed by atoms with Crippen LogP contribution >= 0.6 is 21.6 Å². The van der Waals surface area contributed by atoms with Gasteiger partial charge in [-0.15, -0.1) is 0 Å². The molecule has 2 saturated carbocycles. The van der Waals surface area contributed by atoms with Crippen LogP contribution in [-0.4, -0.2) is 106 Å². The van der Waals surface area contributed by atoms with Gasteiger partial charge in [-0.25, -0.2) is 0 Å². The zero-order chi connectivity index (χ0) is 58.7. The van der Waals surface area contributed by atoms with Gasteiger partial charge in [0.1, 0.15) is 29.5 Å². The monoisotopic (exact) mass is 1180 g/mol. The van der Waals surface area contributed by atoms with E-state index in [4.69, 9.17) is 23.7 Å². The molecule has 0 bridgehead atoms. The van der Waals surface area contributed by atoms with E-state index in [0.29, 0.717) is 37.4 Å². The summed E-state index contributed by atoms with van der Waals surface area (Å²) in [5.41, 5.74) is -1.73. The van der Waals surface area contributed by atoms with Gasteiger partial charge < -0.3 is 33.3 Å². The molecule has 7 nitrogen and oxygen atoms in total. The Balaban J connectivity index is 0.771. The number of unbranched alkanes of at least 4 members (excludes halogenated alkanes) is 3. The fraction of sp³-hybridized carbons (Fsp3) is 0.603. The molecule has 3 aliphatic rings. The number of hydrogen-bond acceptors (Lipinski definition) is 9. The molecule has 4 aromatic carbocycles. The Morgan fingerprint density at radius 1 is 0.667 bits per heavy atom. The predicted octanol–water partition coefficient (Wildman–Crippen LogP) is 17.0. The highest BCUT2D eigenvalue weighted by molar-refractivity contribution is 8.77. The minimum atomic E-state index is -6.75. The van der Waals surface area contributed by atoms with E-state index in [9.17, 15) is 39.5 Å². The molecule has 0 heterocycles. The van der Waals surface area contributed by atoms with Gasteiger partial charge in [0.15, 0.2) is 0 Å². The molecule has 7 rings (SSSR count). The van der Waals surface area contributed by atoms with Crippen LogP contribution in [0.3, 0.4) is 0 Å². The second-order valence-electron chi connectivity index (χ2n) is 23.1. The molecule has 0 spiro atoms. The number of benzene rings is 4. The lowest BCUT2D eigenvalue weighted by Gasteiger charge is -2.50. The van der Waals surface area contributed by atoms with Crippen molar-refractivity contribution in [3.05, 3.63) is 132 Å². The van der Waals surface area contributed by atoms with Crippen LogP contribution in [0.2, 0.25) is 0 Å². The number of aryl methyl sites for hydroxylation is 1. The van der Waals surface area contributed by atoms with Crippen LogP contribution in [0.5, 0.6) is 17.2 Å². The Morgan fingerprint density at radius 3 is 1.89 bits per heavy atom. The van der Waals surface area contributed by atoms with E-state index >= 15 is 0 Å². The number of nitrogens with zero attached hydrogens (tertiary/aromatic N) is 1. The molecular weight excluding hydrogens is 1100 g/mol. The van der Waals surface area contributed by atoms with Crippen LogP contribution in [0, 0.1) is 30.1 Å². The lowest BCUT2D eigenvalue weighted by molar-refractivity contribution is -0.457. The topological polar surface area (TPSA) is 58.6 Å². The minimum absolute atomic E-state index is 0.115. The first-order valence-electron chi connectivity index (χ1n) is 28.4. The Hall–Kier alpha value is -3.81. The zero-order valence-corrected chi connectivity index (χ0v) is 49.2. The molecule has 18 heteroatoms. The molecule has 2 fully saturated rings. The largest absolute Gasteiger partial charge is 0.497 e. The average Bonchev–Trinajstić information content (AvgIpc) is 3.77. The average molecular weight is 1180 g/mol. The Kier molecular flexibility index (Phi) is 22.3. The first-order valence-corrected chi connectivity index (χ1v) is 30.7. The van der Waals surface area contributed by atoms with E-state index in [2.05, 4.69) is 99.0 Å². The molecule has 6 atom stereocenters. The lowest BCUT2D eigenvalue weighted by atomic mass is 9.55. The van der Waals surface area contributed by atoms with E-state index < -0.39 is 42.8 Å². The predicted molar refractivity (Wildman–Crippen MR) is 304 cm³/mol. The maximum Gasteiger partial charge on any atom is 0.435 e. The van der Waals surface area contributed by atoms with Gasteiger partial charge >= 0.3 is 24.1 Å². The van der Waals surface area contributed by atoms with Crippen molar-refractivity contribution in [2.45, 2.75) is 151 Å². The molecule has 4 aromatic rings. The molecule has 0 aliphatic heterocycles. The Labute approximate surface area is 481 Å². The zero-order valence-electron chi connectivity index (χ0n) is 47.6. The first kappa shape index (κ1) is 64.7. The summed E-state index contributed by atoms with van der Waals surface area (Å²) in [5, 5.41) is 0. The summed E-state index contributed by atoms with van der Waals surface area (Å²) in [5.74, 6) is 4.65. The summed E-state index contributed by atoms with van der Waals surface area (Å²) in [6.07, 6.45) is -9.43. The molecule has 81 heavy (non-hydrogen) atoms. The van der Waals surface area contributed by atoms with Crippen molar-refractivity contribution < 1.29 is 67.9 Å². The normalized spacial score (nSPS) is 21.1. The fourth-order valence-electron chi connectivity index (χ4n) is 12.6. The highest BCUT2D eigenvalue weighted by atomic mass is 33.1. The number of fused-ring (bicyclic) bond motifs is 5. The first-order chi connectivity index (χ1) is 38.4. The summed E-state index contributed by atoms with van der Waals surface area (Å²) in [6.45, 7) is 12.4. The molecule has 1 radical (unpaired) electrons. The van der Waals surface area contributed by atoms with Gasteiger partial charge in [-0.2, -0.15) is 39.5 Å². The number of likely N-dealkylation sites (N-methyl/N-ethyl adjacent to an activating group) is 1. The maximum absolute atomic E-state index is 13.3. The highest BCUT2D eigenvalue weighted by Crippen LogP contribution is 2.62. The van der Waals surface area contributed by atoms with Crippen LogP contribution < -0.4 is 14.2 Å². The van der Waals surface area contributed by atoms with Crippen molar-refractivity contribution >= 4 is 21.6 Å². The van der Waals surface area contributed by atoms with Gasteiger partial charge in [0.05, 0.1) is 33.5 Å². The van der Waals surface area contributed by atoms with Gasteiger partial charge in [0.25, 0.3) is 0 Å². The number of halogens is 9. The van der Waals surface area contributed by atoms with Gasteiger partial charge in [0.2, 0.25) is 0 Å². The molecule has 0 N–H and O–H groups in total. The lowest BCUT2D eigenvalue weighted by Crippen LogP contribution is -2.67. The number of rotatable bonds is 30. The third kappa shape index (κ3) is 15.4. The number of methoxy groups -OCH3 is 2. The number of hydrogen-bond donors (Lipinski definition) is 0. The Morgan fingerprint density at radius 2 is 1.27 bits per heavy atom. The third-order valence-electron chi connectivity index (χ3n) is 17.2. The third-order valence-corrected chi connectivity index (χ3v) is 20.6. The van der Waals surface area contributed by atoms with Crippen molar-refractivity contribution in [2.75, 3.05) is 66.5 Å². The molecule has 0 amide bonds. The quantitative estimate of drug-likeness (QED) is 0.0220. The SMILES string of the molecule is [CH2]C(CCCCCCSSC(C)(C)CCN(C)CCOc1ccc2c(c1)CC[C@@H]1[C@@H]2CC[C@]2(C)[C@@H](OCCCOC(C(F)(F)F)(C(F)(F)F)C(F)(F)F)CC[C@@H]12)COC(c1ccccc1)(c1ccc(OC)cc1)c1ccc(OC)cc1.